The van der Waals surface area contributed by atoms with E-state index in [1.165, 1.54) is 19.4 Å². The van der Waals surface area contributed by atoms with Crippen LogP contribution in [0.1, 0.15) is 19.3 Å². The Morgan fingerprint density at radius 2 is 1.90 bits per heavy atom. The van der Waals surface area contributed by atoms with E-state index in [4.69, 9.17) is 32.7 Å². The molecule has 1 aromatic rings. The van der Waals surface area contributed by atoms with Gasteiger partial charge in [0.05, 0.1) is 31.4 Å². The van der Waals surface area contributed by atoms with Gasteiger partial charge in [0.2, 0.25) is 0 Å². The third-order valence-corrected chi connectivity index (χ3v) is 4.06. The van der Waals surface area contributed by atoms with Crippen LogP contribution in [0.3, 0.4) is 0 Å². The van der Waals surface area contributed by atoms with Crippen molar-refractivity contribution >= 4 is 23.2 Å². The Bertz CT molecular complexity index is 409. The summed E-state index contributed by atoms with van der Waals surface area (Å²) in [6.07, 6.45) is 3.49. The van der Waals surface area contributed by atoms with Crippen LogP contribution in [0.4, 0.5) is 0 Å². The number of unbranched alkanes of at least 4 members (excludes halogenated alkanes) is 2. The van der Waals surface area contributed by atoms with Gasteiger partial charge in [0, 0.05) is 5.02 Å². The Balaban J connectivity index is 1.55. The monoisotopic (exact) mass is 318 g/mol. The van der Waals surface area contributed by atoms with E-state index in [9.17, 15) is 0 Å². The molecule has 0 radical (unpaired) electrons. The second-order valence-corrected chi connectivity index (χ2v) is 5.94. The van der Waals surface area contributed by atoms with Gasteiger partial charge in [0.25, 0.3) is 0 Å². The number of hydrogen-bond acceptors (Lipinski definition) is 2. The van der Waals surface area contributed by atoms with Crippen LogP contribution in [-0.2, 0) is 4.74 Å². The zero-order valence-corrected chi connectivity index (χ0v) is 13.2. The summed E-state index contributed by atoms with van der Waals surface area (Å²) in [6, 6.07) is 5.33. The molecule has 1 aromatic carbocycles. The summed E-state index contributed by atoms with van der Waals surface area (Å²) in [5, 5.41) is 1.21. The summed E-state index contributed by atoms with van der Waals surface area (Å²) in [4.78, 5) is 1.66. The first-order valence-corrected chi connectivity index (χ1v) is 8.00. The quantitative estimate of drug-likeness (QED) is 0.780. The molecule has 3 nitrogen and oxygen atoms in total. The van der Waals surface area contributed by atoms with E-state index in [0.717, 1.165) is 38.5 Å². The molecule has 0 amide bonds. The summed E-state index contributed by atoms with van der Waals surface area (Å²) in [6.45, 7) is 6.07. The smallest absolute Gasteiger partial charge is 0.137 e. The number of ether oxygens (including phenoxy) is 2. The van der Waals surface area contributed by atoms with E-state index >= 15 is 0 Å². The van der Waals surface area contributed by atoms with Crippen molar-refractivity contribution in [3.63, 3.8) is 0 Å². The minimum absolute atomic E-state index is 0.579. The molecule has 0 saturated carbocycles. The summed E-state index contributed by atoms with van der Waals surface area (Å²) in [5.74, 6) is 0.717. The Hall–Kier alpha value is -0.480. The van der Waals surface area contributed by atoms with Crippen LogP contribution in [0.2, 0.25) is 10.0 Å². The number of quaternary nitrogens is 1. The van der Waals surface area contributed by atoms with Crippen molar-refractivity contribution in [3.8, 4) is 5.75 Å². The summed E-state index contributed by atoms with van der Waals surface area (Å²) < 4.78 is 11.0. The molecule has 1 heterocycles. The molecular weight excluding hydrogens is 297 g/mol. The lowest BCUT2D eigenvalue weighted by Crippen LogP contribution is -3.14. The Morgan fingerprint density at radius 3 is 2.65 bits per heavy atom. The van der Waals surface area contributed by atoms with E-state index in [0.29, 0.717) is 16.7 Å². The first-order valence-electron chi connectivity index (χ1n) is 7.25. The second kappa shape index (κ2) is 8.73. The predicted octanol–water partition coefficient (Wildman–Crippen LogP) is 2.46. The Kier molecular flexibility index (Phi) is 6.94. The largest absolute Gasteiger partial charge is 0.492 e. The third kappa shape index (κ3) is 5.49. The van der Waals surface area contributed by atoms with Crippen molar-refractivity contribution in [2.24, 2.45) is 0 Å². The number of rotatable bonds is 7. The molecule has 0 aromatic heterocycles. The number of halogens is 2. The maximum Gasteiger partial charge on any atom is 0.137 e. The Labute approximate surface area is 130 Å². The standard InChI is InChI=1S/C15H21Cl2NO2/c16-13-4-5-15(14(17)12-13)20-9-3-1-2-6-18-7-10-19-11-8-18/h4-5,12H,1-3,6-11H2/p+1. The highest BCUT2D eigenvalue weighted by atomic mass is 35.5. The van der Waals surface area contributed by atoms with E-state index in [2.05, 4.69) is 0 Å². The van der Waals surface area contributed by atoms with Crippen molar-refractivity contribution in [1.82, 2.24) is 0 Å². The molecule has 2 rings (SSSR count). The fourth-order valence-electron chi connectivity index (χ4n) is 2.34. The molecule has 1 N–H and O–H groups in total. The topological polar surface area (TPSA) is 22.9 Å². The number of hydrogen-bond donors (Lipinski definition) is 1. The molecule has 0 aliphatic carbocycles. The van der Waals surface area contributed by atoms with Crippen molar-refractivity contribution in [1.29, 1.82) is 0 Å². The molecule has 1 fully saturated rings. The van der Waals surface area contributed by atoms with Gasteiger partial charge in [-0.1, -0.05) is 23.2 Å². The van der Waals surface area contributed by atoms with E-state index in [1.54, 1.807) is 17.0 Å². The molecule has 1 aliphatic rings. The maximum atomic E-state index is 6.05. The molecule has 112 valence electrons. The normalized spacial score (nSPS) is 16.3. The maximum absolute atomic E-state index is 6.05. The molecule has 0 spiro atoms. The number of benzene rings is 1. The molecule has 20 heavy (non-hydrogen) atoms. The third-order valence-electron chi connectivity index (χ3n) is 3.53. The summed E-state index contributed by atoms with van der Waals surface area (Å²) >= 11 is 11.9. The van der Waals surface area contributed by atoms with Gasteiger partial charge in [-0.05, 0) is 37.5 Å². The van der Waals surface area contributed by atoms with Crippen molar-refractivity contribution < 1.29 is 14.4 Å². The molecular formula is C15H22Cl2NO2+. The van der Waals surface area contributed by atoms with E-state index < -0.39 is 0 Å². The van der Waals surface area contributed by atoms with Crippen molar-refractivity contribution in [2.75, 3.05) is 39.5 Å². The summed E-state index contributed by atoms with van der Waals surface area (Å²) in [7, 11) is 0. The molecule has 1 saturated heterocycles. The SMILES string of the molecule is Clc1ccc(OCCCCC[NH+]2CCOCC2)c(Cl)c1. The first kappa shape index (κ1) is 15.9. The van der Waals surface area contributed by atoms with Gasteiger partial charge in [-0.25, -0.2) is 0 Å². The van der Waals surface area contributed by atoms with E-state index in [1.807, 2.05) is 6.07 Å². The van der Waals surface area contributed by atoms with Crippen LogP contribution in [0.25, 0.3) is 0 Å². The van der Waals surface area contributed by atoms with Gasteiger partial charge in [-0.15, -0.1) is 0 Å². The zero-order valence-electron chi connectivity index (χ0n) is 11.7. The highest BCUT2D eigenvalue weighted by molar-refractivity contribution is 6.35. The lowest BCUT2D eigenvalue weighted by molar-refractivity contribution is -0.908. The highest BCUT2D eigenvalue weighted by Crippen LogP contribution is 2.27. The number of morpholine rings is 1. The highest BCUT2D eigenvalue weighted by Gasteiger charge is 2.12. The van der Waals surface area contributed by atoms with Gasteiger partial charge in [0.1, 0.15) is 18.8 Å². The number of nitrogens with one attached hydrogen (secondary N) is 1. The average molecular weight is 319 g/mol. The van der Waals surface area contributed by atoms with E-state index in [-0.39, 0.29) is 0 Å². The molecule has 0 bridgehead atoms. The van der Waals surface area contributed by atoms with Crippen molar-refractivity contribution in [3.05, 3.63) is 28.2 Å². The van der Waals surface area contributed by atoms with Crippen LogP contribution < -0.4 is 9.64 Å². The van der Waals surface area contributed by atoms with Gasteiger partial charge in [-0.2, -0.15) is 0 Å². The second-order valence-electron chi connectivity index (χ2n) is 5.10. The fraction of sp³-hybridized carbons (Fsp3) is 0.600. The van der Waals surface area contributed by atoms with Crippen LogP contribution in [-0.4, -0.2) is 39.5 Å². The lowest BCUT2D eigenvalue weighted by Gasteiger charge is -2.23. The first-order chi connectivity index (χ1) is 9.75. The molecule has 0 unspecified atom stereocenters. The van der Waals surface area contributed by atoms with Gasteiger partial charge in [0.15, 0.2) is 0 Å². The summed E-state index contributed by atoms with van der Waals surface area (Å²) in [5.41, 5.74) is 0. The van der Waals surface area contributed by atoms with Gasteiger partial charge < -0.3 is 14.4 Å². The zero-order chi connectivity index (χ0) is 14.2. The molecule has 1 aliphatic heterocycles. The van der Waals surface area contributed by atoms with Crippen LogP contribution in [0.15, 0.2) is 18.2 Å². The molecule has 5 heteroatoms. The fourth-order valence-corrected chi connectivity index (χ4v) is 2.80. The van der Waals surface area contributed by atoms with Gasteiger partial charge in [-0.3, -0.25) is 0 Å². The van der Waals surface area contributed by atoms with Crippen LogP contribution >= 0.6 is 23.2 Å². The lowest BCUT2D eigenvalue weighted by atomic mass is 10.2. The predicted molar refractivity (Wildman–Crippen MR) is 82.2 cm³/mol. The minimum atomic E-state index is 0.579. The molecule has 0 atom stereocenters. The van der Waals surface area contributed by atoms with Crippen LogP contribution in [0.5, 0.6) is 5.75 Å². The van der Waals surface area contributed by atoms with Gasteiger partial charge >= 0.3 is 0 Å². The Morgan fingerprint density at radius 1 is 1.10 bits per heavy atom. The van der Waals surface area contributed by atoms with Crippen molar-refractivity contribution in [2.45, 2.75) is 19.3 Å². The van der Waals surface area contributed by atoms with Crippen LogP contribution in [0, 0.1) is 0 Å². The minimum Gasteiger partial charge on any atom is -0.492 e. The average Bonchev–Trinajstić information content (AvgIpc) is 2.46.